The number of hydrogen-bond acceptors (Lipinski definition) is 6. The maximum Gasteiger partial charge on any atom is 0.266 e. The predicted molar refractivity (Wildman–Crippen MR) is 82.4 cm³/mol. The molecule has 0 unspecified atom stereocenters. The van der Waals surface area contributed by atoms with Crippen LogP contribution in [0.2, 0.25) is 0 Å². The van der Waals surface area contributed by atoms with Gasteiger partial charge in [0.15, 0.2) is 0 Å². The molecule has 9 heteroatoms. The highest BCUT2D eigenvalue weighted by Gasteiger charge is 2.22. The Kier molecular flexibility index (Phi) is 4.14. The Hall–Kier alpha value is -2.13. The minimum Gasteiger partial charge on any atom is -0.388 e. The third kappa shape index (κ3) is 3.50. The van der Waals surface area contributed by atoms with Crippen LogP contribution in [0.4, 0.5) is 5.95 Å². The van der Waals surface area contributed by atoms with Gasteiger partial charge in [0.05, 0.1) is 0 Å². The summed E-state index contributed by atoms with van der Waals surface area (Å²) in [5.74, 6) is -0.00903. The third-order valence-corrected chi connectivity index (χ3v) is 4.05. The molecule has 2 rings (SSSR count). The normalized spacial score (nSPS) is 11.1. The molecule has 2 aromatic rings. The van der Waals surface area contributed by atoms with Gasteiger partial charge < -0.3 is 5.73 Å². The number of nitrogens with zero attached hydrogens (tertiary/aromatic N) is 3. The first-order valence-electron chi connectivity index (χ1n) is 5.89. The van der Waals surface area contributed by atoms with Crippen LogP contribution < -0.4 is 10.5 Å². The SMILES string of the molecule is Cc1cc(C)nc(NS(=O)(=O)c2cccnc2C(N)=S)n1. The van der Waals surface area contributed by atoms with Gasteiger partial charge in [0.1, 0.15) is 15.6 Å². The number of anilines is 1. The van der Waals surface area contributed by atoms with E-state index in [0.717, 1.165) is 0 Å². The lowest BCUT2D eigenvalue weighted by molar-refractivity contribution is 0.600. The number of aromatic nitrogens is 3. The van der Waals surface area contributed by atoms with Gasteiger partial charge in [-0.05, 0) is 32.0 Å². The highest BCUT2D eigenvalue weighted by Crippen LogP contribution is 2.16. The topological polar surface area (TPSA) is 111 Å². The van der Waals surface area contributed by atoms with Crippen LogP contribution in [0.15, 0.2) is 29.3 Å². The third-order valence-electron chi connectivity index (χ3n) is 2.50. The summed E-state index contributed by atoms with van der Waals surface area (Å²) in [6.45, 7) is 3.49. The fraction of sp³-hybridized carbons (Fsp3) is 0.167. The Morgan fingerprint density at radius 1 is 1.29 bits per heavy atom. The highest BCUT2D eigenvalue weighted by atomic mass is 32.2. The van der Waals surface area contributed by atoms with Crippen molar-refractivity contribution < 1.29 is 8.42 Å². The van der Waals surface area contributed by atoms with Gasteiger partial charge >= 0.3 is 0 Å². The number of pyridine rings is 1. The Labute approximate surface area is 127 Å². The van der Waals surface area contributed by atoms with E-state index < -0.39 is 10.0 Å². The molecule has 2 aromatic heterocycles. The van der Waals surface area contributed by atoms with E-state index in [2.05, 4.69) is 19.7 Å². The zero-order chi connectivity index (χ0) is 15.6. The van der Waals surface area contributed by atoms with Crippen molar-refractivity contribution in [2.75, 3.05) is 4.72 Å². The van der Waals surface area contributed by atoms with Crippen LogP contribution in [0, 0.1) is 13.8 Å². The van der Waals surface area contributed by atoms with Crippen molar-refractivity contribution in [2.45, 2.75) is 18.7 Å². The summed E-state index contributed by atoms with van der Waals surface area (Å²) in [7, 11) is -3.93. The first-order chi connectivity index (χ1) is 9.79. The van der Waals surface area contributed by atoms with Crippen LogP contribution in [0.3, 0.4) is 0 Å². The van der Waals surface area contributed by atoms with Crippen LogP contribution in [-0.4, -0.2) is 28.4 Å². The monoisotopic (exact) mass is 323 g/mol. The van der Waals surface area contributed by atoms with Crippen LogP contribution >= 0.6 is 12.2 Å². The van der Waals surface area contributed by atoms with E-state index in [9.17, 15) is 8.42 Å². The number of nitrogens with one attached hydrogen (secondary N) is 1. The quantitative estimate of drug-likeness (QED) is 0.805. The molecule has 0 aromatic carbocycles. The molecule has 0 aliphatic rings. The summed E-state index contributed by atoms with van der Waals surface area (Å²) < 4.78 is 27.1. The highest BCUT2D eigenvalue weighted by molar-refractivity contribution is 7.93. The predicted octanol–water partition coefficient (Wildman–Crippen LogP) is 0.923. The van der Waals surface area contributed by atoms with Gasteiger partial charge in [0, 0.05) is 17.6 Å². The van der Waals surface area contributed by atoms with E-state index >= 15 is 0 Å². The molecule has 0 fully saturated rings. The van der Waals surface area contributed by atoms with Gasteiger partial charge in [-0.2, -0.15) is 0 Å². The van der Waals surface area contributed by atoms with E-state index in [1.54, 1.807) is 19.9 Å². The average molecular weight is 323 g/mol. The van der Waals surface area contributed by atoms with E-state index in [1.807, 2.05) is 0 Å². The van der Waals surface area contributed by atoms with Gasteiger partial charge in [0.25, 0.3) is 10.0 Å². The molecule has 0 aliphatic heterocycles. The van der Waals surface area contributed by atoms with Crippen molar-refractivity contribution >= 4 is 33.2 Å². The van der Waals surface area contributed by atoms with E-state index in [1.165, 1.54) is 18.3 Å². The second-order valence-corrected chi connectivity index (χ2v) is 6.38. The molecule has 0 amide bonds. The zero-order valence-corrected chi connectivity index (χ0v) is 13.0. The number of hydrogen-bond donors (Lipinski definition) is 2. The summed E-state index contributed by atoms with van der Waals surface area (Å²) >= 11 is 4.82. The van der Waals surface area contributed by atoms with Gasteiger partial charge in [-0.1, -0.05) is 12.2 Å². The maximum atomic E-state index is 12.4. The fourth-order valence-electron chi connectivity index (χ4n) is 1.74. The lowest BCUT2D eigenvalue weighted by Crippen LogP contribution is -2.22. The first-order valence-corrected chi connectivity index (χ1v) is 7.78. The molecule has 0 saturated carbocycles. The lowest BCUT2D eigenvalue weighted by Gasteiger charge is -2.10. The summed E-state index contributed by atoms with van der Waals surface area (Å²) in [5, 5.41) is 0. The zero-order valence-electron chi connectivity index (χ0n) is 11.4. The van der Waals surface area contributed by atoms with Crippen molar-refractivity contribution in [2.24, 2.45) is 5.73 Å². The van der Waals surface area contributed by atoms with Crippen molar-refractivity contribution in [3.8, 4) is 0 Å². The molecular formula is C12H13N5O2S2. The molecule has 0 bridgehead atoms. The minimum absolute atomic E-state index is 0.00903. The second-order valence-electron chi connectivity index (χ2n) is 4.29. The summed E-state index contributed by atoms with van der Waals surface area (Å²) in [4.78, 5) is 11.8. The van der Waals surface area contributed by atoms with Crippen LogP contribution in [0.25, 0.3) is 0 Å². The molecule has 21 heavy (non-hydrogen) atoms. The molecule has 0 atom stereocenters. The van der Waals surface area contributed by atoms with Crippen molar-refractivity contribution in [1.29, 1.82) is 0 Å². The van der Waals surface area contributed by atoms with Crippen LogP contribution in [0.5, 0.6) is 0 Å². The Morgan fingerprint density at radius 3 is 2.48 bits per heavy atom. The second kappa shape index (κ2) is 5.70. The van der Waals surface area contributed by atoms with Gasteiger partial charge in [0.2, 0.25) is 5.95 Å². The van der Waals surface area contributed by atoms with Gasteiger partial charge in [-0.3, -0.25) is 4.98 Å². The molecule has 2 heterocycles. The fourth-order valence-corrected chi connectivity index (χ4v) is 3.08. The molecule has 0 radical (unpaired) electrons. The summed E-state index contributed by atoms with van der Waals surface area (Å²) in [6, 6.07) is 4.59. The number of thiocarbonyl (C=S) groups is 1. The van der Waals surface area contributed by atoms with Crippen molar-refractivity contribution in [3.05, 3.63) is 41.5 Å². The molecule has 0 saturated heterocycles. The molecule has 0 aliphatic carbocycles. The Morgan fingerprint density at radius 2 is 1.90 bits per heavy atom. The molecular weight excluding hydrogens is 310 g/mol. The lowest BCUT2D eigenvalue weighted by atomic mass is 10.3. The van der Waals surface area contributed by atoms with Crippen molar-refractivity contribution in [3.63, 3.8) is 0 Å². The standard InChI is InChI=1S/C12H13N5O2S2/c1-7-6-8(2)16-12(15-7)17-21(18,19)9-4-3-5-14-10(9)11(13)20/h3-6H,1-2H3,(H2,13,20)(H,15,16,17). The maximum absolute atomic E-state index is 12.4. The summed E-state index contributed by atoms with van der Waals surface area (Å²) in [5.41, 5.74) is 6.84. The minimum atomic E-state index is -3.93. The van der Waals surface area contributed by atoms with Crippen LogP contribution in [0.1, 0.15) is 17.1 Å². The van der Waals surface area contributed by atoms with E-state index in [0.29, 0.717) is 11.4 Å². The molecule has 110 valence electrons. The largest absolute Gasteiger partial charge is 0.388 e. The number of rotatable bonds is 4. The van der Waals surface area contributed by atoms with Crippen LogP contribution in [-0.2, 0) is 10.0 Å². The van der Waals surface area contributed by atoms with E-state index in [4.69, 9.17) is 18.0 Å². The average Bonchev–Trinajstić information content (AvgIpc) is 2.36. The number of aryl methyl sites for hydroxylation is 2. The number of nitrogens with two attached hydrogens (primary N) is 1. The van der Waals surface area contributed by atoms with E-state index in [-0.39, 0.29) is 21.5 Å². The molecule has 3 N–H and O–H groups in total. The van der Waals surface area contributed by atoms with Crippen molar-refractivity contribution in [1.82, 2.24) is 15.0 Å². The van der Waals surface area contributed by atoms with Gasteiger partial charge in [-0.15, -0.1) is 0 Å². The Balaban J connectivity index is 2.46. The summed E-state index contributed by atoms with van der Waals surface area (Å²) in [6.07, 6.45) is 1.42. The molecule has 0 spiro atoms. The smallest absolute Gasteiger partial charge is 0.266 e. The van der Waals surface area contributed by atoms with Gasteiger partial charge in [-0.25, -0.2) is 23.1 Å². The number of sulfonamides is 1. The Bertz CT molecular complexity index is 785. The molecule has 7 nitrogen and oxygen atoms in total. The first kappa shape index (κ1) is 15.3.